The van der Waals surface area contributed by atoms with Crippen LogP contribution in [-0.2, 0) is 11.0 Å². The SMILES string of the molecule is O=C(O)C1CCNC(c2ccc(C(F)(F)F)cc2F)C1. The Morgan fingerprint density at radius 3 is 2.60 bits per heavy atom. The van der Waals surface area contributed by atoms with E-state index in [1.807, 2.05) is 0 Å². The molecule has 0 bridgehead atoms. The largest absolute Gasteiger partial charge is 0.481 e. The van der Waals surface area contributed by atoms with Gasteiger partial charge in [-0.3, -0.25) is 4.79 Å². The van der Waals surface area contributed by atoms with Crippen LogP contribution in [0.4, 0.5) is 17.6 Å². The van der Waals surface area contributed by atoms with Crippen LogP contribution in [0.5, 0.6) is 0 Å². The number of hydrogen-bond acceptors (Lipinski definition) is 2. The third kappa shape index (κ3) is 3.09. The second-order valence-corrected chi connectivity index (χ2v) is 4.80. The molecule has 2 rings (SSSR count). The minimum absolute atomic E-state index is 0.0731. The number of carboxylic acid groups (broad SMARTS) is 1. The van der Waals surface area contributed by atoms with E-state index in [4.69, 9.17) is 5.11 Å². The second kappa shape index (κ2) is 5.40. The van der Waals surface area contributed by atoms with Gasteiger partial charge in [0.1, 0.15) is 5.82 Å². The van der Waals surface area contributed by atoms with Crippen LogP contribution in [0, 0.1) is 11.7 Å². The van der Waals surface area contributed by atoms with E-state index in [1.165, 1.54) is 0 Å². The molecule has 0 spiro atoms. The van der Waals surface area contributed by atoms with Crippen molar-refractivity contribution in [2.24, 2.45) is 5.92 Å². The number of piperidine rings is 1. The number of nitrogens with one attached hydrogen (secondary N) is 1. The van der Waals surface area contributed by atoms with Crippen LogP contribution >= 0.6 is 0 Å². The Hall–Kier alpha value is -1.63. The quantitative estimate of drug-likeness (QED) is 0.824. The molecule has 0 radical (unpaired) electrons. The standard InChI is InChI=1S/C13H13F4NO2/c14-10-6-8(13(15,16)17)1-2-9(10)11-5-7(12(19)20)3-4-18-11/h1-2,6-7,11,18H,3-5H2,(H,19,20). The van der Waals surface area contributed by atoms with Gasteiger partial charge < -0.3 is 10.4 Å². The van der Waals surface area contributed by atoms with Gasteiger partial charge in [-0.2, -0.15) is 13.2 Å². The van der Waals surface area contributed by atoms with Gasteiger partial charge in [0.25, 0.3) is 0 Å². The second-order valence-electron chi connectivity index (χ2n) is 4.80. The van der Waals surface area contributed by atoms with Crippen LogP contribution in [0.3, 0.4) is 0 Å². The zero-order chi connectivity index (χ0) is 14.9. The molecule has 0 aliphatic carbocycles. The first kappa shape index (κ1) is 14.8. The van der Waals surface area contributed by atoms with E-state index in [0.717, 1.165) is 12.1 Å². The first-order chi connectivity index (χ1) is 9.29. The number of aliphatic carboxylic acids is 1. The van der Waals surface area contributed by atoms with Gasteiger partial charge in [0.2, 0.25) is 0 Å². The number of alkyl halides is 3. The molecule has 1 aliphatic rings. The first-order valence-corrected chi connectivity index (χ1v) is 6.12. The zero-order valence-corrected chi connectivity index (χ0v) is 10.4. The molecule has 2 unspecified atom stereocenters. The predicted molar refractivity (Wildman–Crippen MR) is 62.5 cm³/mol. The van der Waals surface area contributed by atoms with Crippen LogP contribution in [0.2, 0.25) is 0 Å². The molecule has 1 aromatic rings. The summed E-state index contributed by atoms with van der Waals surface area (Å²) in [4.78, 5) is 10.9. The van der Waals surface area contributed by atoms with Crippen molar-refractivity contribution in [2.45, 2.75) is 25.1 Å². The molecule has 0 saturated carbocycles. The summed E-state index contributed by atoms with van der Waals surface area (Å²) in [5.74, 6) is -2.55. The fourth-order valence-electron chi connectivity index (χ4n) is 2.36. The van der Waals surface area contributed by atoms with Gasteiger partial charge in [-0.1, -0.05) is 6.07 Å². The van der Waals surface area contributed by atoms with Gasteiger partial charge in [0.15, 0.2) is 0 Å². The summed E-state index contributed by atoms with van der Waals surface area (Å²) in [6, 6.07) is 1.75. The summed E-state index contributed by atoms with van der Waals surface area (Å²) in [5.41, 5.74) is -0.978. The molecule has 110 valence electrons. The average Bonchev–Trinajstić information content (AvgIpc) is 2.37. The molecule has 7 heteroatoms. The Balaban J connectivity index is 2.23. The number of benzene rings is 1. The van der Waals surface area contributed by atoms with Crippen LogP contribution in [0.25, 0.3) is 0 Å². The van der Waals surface area contributed by atoms with Crippen molar-refractivity contribution in [3.8, 4) is 0 Å². The highest BCUT2D eigenvalue weighted by atomic mass is 19.4. The van der Waals surface area contributed by atoms with Gasteiger partial charge in [0, 0.05) is 11.6 Å². The highest BCUT2D eigenvalue weighted by Crippen LogP contribution is 2.34. The third-order valence-electron chi connectivity index (χ3n) is 3.46. The van der Waals surface area contributed by atoms with Crippen molar-refractivity contribution >= 4 is 5.97 Å². The Bertz CT molecular complexity index is 516. The normalized spacial score (nSPS) is 23.6. The smallest absolute Gasteiger partial charge is 0.416 e. The Kier molecular flexibility index (Phi) is 3.99. The fraction of sp³-hybridized carbons (Fsp3) is 0.462. The van der Waals surface area contributed by atoms with E-state index in [9.17, 15) is 22.4 Å². The first-order valence-electron chi connectivity index (χ1n) is 6.12. The molecule has 1 heterocycles. The van der Waals surface area contributed by atoms with Crippen LogP contribution in [0.1, 0.15) is 30.0 Å². The molecular weight excluding hydrogens is 278 g/mol. The maximum Gasteiger partial charge on any atom is 0.416 e. The molecule has 1 fully saturated rings. The third-order valence-corrected chi connectivity index (χ3v) is 3.46. The van der Waals surface area contributed by atoms with Crippen molar-refractivity contribution in [1.29, 1.82) is 0 Å². The van der Waals surface area contributed by atoms with E-state index < -0.39 is 35.5 Å². The fourth-order valence-corrected chi connectivity index (χ4v) is 2.36. The van der Waals surface area contributed by atoms with Crippen molar-refractivity contribution in [3.05, 3.63) is 35.1 Å². The Morgan fingerprint density at radius 2 is 2.05 bits per heavy atom. The van der Waals surface area contributed by atoms with Crippen molar-refractivity contribution < 1.29 is 27.5 Å². The average molecular weight is 291 g/mol. The molecule has 0 aromatic heterocycles. The van der Waals surface area contributed by atoms with Crippen molar-refractivity contribution in [2.75, 3.05) is 6.54 Å². The topological polar surface area (TPSA) is 49.3 Å². The van der Waals surface area contributed by atoms with Gasteiger partial charge in [0.05, 0.1) is 11.5 Å². The highest BCUT2D eigenvalue weighted by molar-refractivity contribution is 5.70. The lowest BCUT2D eigenvalue weighted by molar-refractivity contribution is -0.143. The maximum absolute atomic E-state index is 13.8. The molecular formula is C13H13F4NO2. The molecule has 1 aliphatic heterocycles. The summed E-state index contributed by atoms with van der Waals surface area (Å²) in [5, 5.41) is 11.9. The number of carbonyl (C=O) groups is 1. The van der Waals surface area contributed by atoms with Crippen LogP contribution in [-0.4, -0.2) is 17.6 Å². The molecule has 3 nitrogen and oxygen atoms in total. The van der Waals surface area contributed by atoms with Crippen LogP contribution in [0.15, 0.2) is 18.2 Å². The van der Waals surface area contributed by atoms with E-state index in [2.05, 4.69) is 5.32 Å². The molecule has 2 N–H and O–H groups in total. The zero-order valence-electron chi connectivity index (χ0n) is 10.4. The summed E-state index contributed by atoms with van der Waals surface area (Å²) in [6.07, 6.45) is -4.01. The predicted octanol–water partition coefficient (Wildman–Crippen LogP) is 2.97. The maximum atomic E-state index is 13.8. The lowest BCUT2D eigenvalue weighted by Crippen LogP contribution is -2.35. The van der Waals surface area contributed by atoms with Gasteiger partial charge >= 0.3 is 12.1 Å². The lowest BCUT2D eigenvalue weighted by Gasteiger charge is -2.28. The summed E-state index contributed by atoms with van der Waals surface area (Å²) in [6.45, 7) is 0.391. The number of halogens is 4. The Morgan fingerprint density at radius 1 is 1.35 bits per heavy atom. The van der Waals surface area contributed by atoms with E-state index in [0.29, 0.717) is 19.0 Å². The van der Waals surface area contributed by atoms with Crippen LogP contribution < -0.4 is 5.32 Å². The minimum atomic E-state index is -4.59. The van der Waals surface area contributed by atoms with Gasteiger partial charge in [-0.15, -0.1) is 0 Å². The van der Waals surface area contributed by atoms with E-state index >= 15 is 0 Å². The monoisotopic (exact) mass is 291 g/mol. The van der Waals surface area contributed by atoms with E-state index in [-0.39, 0.29) is 12.0 Å². The number of carboxylic acids is 1. The van der Waals surface area contributed by atoms with Crippen molar-refractivity contribution in [3.63, 3.8) is 0 Å². The number of rotatable bonds is 2. The van der Waals surface area contributed by atoms with Gasteiger partial charge in [-0.05, 0) is 31.5 Å². The summed E-state index contributed by atoms with van der Waals surface area (Å²) in [7, 11) is 0. The van der Waals surface area contributed by atoms with E-state index in [1.54, 1.807) is 0 Å². The molecule has 1 saturated heterocycles. The highest BCUT2D eigenvalue weighted by Gasteiger charge is 2.33. The molecule has 20 heavy (non-hydrogen) atoms. The molecule has 1 aromatic carbocycles. The summed E-state index contributed by atoms with van der Waals surface area (Å²) >= 11 is 0. The number of hydrogen-bond donors (Lipinski definition) is 2. The minimum Gasteiger partial charge on any atom is -0.481 e. The summed E-state index contributed by atoms with van der Waals surface area (Å²) < 4.78 is 51.2. The van der Waals surface area contributed by atoms with Crippen molar-refractivity contribution in [1.82, 2.24) is 5.32 Å². The Labute approximate surface area is 112 Å². The molecule has 2 atom stereocenters. The van der Waals surface area contributed by atoms with Gasteiger partial charge in [-0.25, -0.2) is 4.39 Å². The molecule has 0 amide bonds. The lowest BCUT2D eigenvalue weighted by atomic mass is 9.88.